The van der Waals surface area contributed by atoms with Gasteiger partial charge in [-0.1, -0.05) is 12.1 Å². The van der Waals surface area contributed by atoms with E-state index in [-0.39, 0.29) is 5.91 Å². The summed E-state index contributed by atoms with van der Waals surface area (Å²) in [6, 6.07) is 7.67. The quantitative estimate of drug-likeness (QED) is 0.827. The highest BCUT2D eigenvalue weighted by molar-refractivity contribution is 7.11. The minimum atomic E-state index is -0.0505. The van der Waals surface area contributed by atoms with E-state index in [1.54, 1.807) is 5.51 Å². The summed E-state index contributed by atoms with van der Waals surface area (Å²) >= 11 is 1.37. The van der Waals surface area contributed by atoms with E-state index in [9.17, 15) is 4.79 Å². The molecule has 2 aromatic rings. The molecule has 0 aliphatic rings. The minimum Gasteiger partial charge on any atom is -0.399 e. The van der Waals surface area contributed by atoms with Gasteiger partial charge in [-0.3, -0.25) is 4.79 Å². The van der Waals surface area contributed by atoms with Crippen LogP contribution in [0, 0.1) is 6.92 Å². The molecule has 4 nitrogen and oxygen atoms in total. The number of nitrogens with zero attached hydrogens (tertiary/aromatic N) is 1. The number of aryl methyl sites for hydroxylation is 1. The van der Waals surface area contributed by atoms with Crippen molar-refractivity contribution in [3.8, 4) is 0 Å². The molecule has 0 bridgehead atoms. The maximum Gasteiger partial charge on any atom is 0.263 e. The van der Waals surface area contributed by atoms with Crippen LogP contribution in [0.2, 0.25) is 0 Å². The smallest absolute Gasteiger partial charge is 0.263 e. The van der Waals surface area contributed by atoms with Gasteiger partial charge in [0.15, 0.2) is 0 Å². The molecule has 94 valence electrons. The summed E-state index contributed by atoms with van der Waals surface area (Å²) in [7, 11) is 0. The molecule has 1 amide bonds. The van der Waals surface area contributed by atoms with Gasteiger partial charge in [0.25, 0.3) is 5.91 Å². The fourth-order valence-corrected chi connectivity index (χ4v) is 2.32. The Morgan fingerprint density at radius 1 is 1.39 bits per heavy atom. The highest BCUT2D eigenvalue weighted by atomic mass is 32.1. The summed E-state index contributed by atoms with van der Waals surface area (Å²) in [4.78, 5) is 16.6. The van der Waals surface area contributed by atoms with Gasteiger partial charge >= 0.3 is 0 Å². The number of hydrogen-bond donors (Lipinski definition) is 2. The predicted molar refractivity (Wildman–Crippen MR) is 73.7 cm³/mol. The van der Waals surface area contributed by atoms with Crippen LogP contribution in [0.3, 0.4) is 0 Å². The van der Waals surface area contributed by atoms with Crippen LogP contribution in [0.25, 0.3) is 0 Å². The van der Waals surface area contributed by atoms with Gasteiger partial charge in [-0.25, -0.2) is 4.98 Å². The molecule has 0 radical (unpaired) electrons. The van der Waals surface area contributed by atoms with Crippen molar-refractivity contribution >= 4 is 22.9 Å². The third-order valence-electron chi connectivity index (χ3n) is 2.63. The monoisotopic (exact) mass is 261 g/mol. The molecule has 0 saturated carbocycles. The highest BCUT2D eigenvalue weighted by Crippen LogP contribution is 2.11. The van der Waals surface area contributed by atoms with Crippen LogP contribution in [0.1, 0.15) is 20.9 Å². The fourth-order valence-electron chi connectivity index (χ4n) is 1.60. The van der Waals surface area contributed by atoms with E-state index in [0.717, 1.165) is 23.4 Å². The van der Waals surface area contributed by atoms with Crippen LogP contribution in [0.4, 0.5) is 5.69 Å². The van der Waals surface area contributed by atoms with Crippen molar-refractivity contribution in [1.29, 1.82) is 0 Å². The lowest BCUT2D eigenvalue weighted by Crippen LogP contribution is -2.25. The molecule has 0 saturated heterocycles. The van der Waals surface area contributed by atoms with Gasteiger partial charge in [0.1, 0.15) is 4.88 Å². The number of rotatable bonds is 4. The number of nitrogen functional groups attached to an aromatic ring is 1. The molecule has 0 aliphatic carbocycles. The number of aromatic nitrogens is 1. The Labute approximate surface area is 110 Å². The minimum absolute atomic E-state index is 0.0505. The van der Waals surface area contributed by atoms with E-state index in [2.05, 4.69) is 10.3 Å². The summed E-state index contributed by atoms with van der Waals surface area (Å²) in [6.07, 6.45) is 0.796. The Morgan fingerprint density at radius 2 is 2.11 bits per heavy atom. The van der Waals surface area contributed by atoms with E-state index >= 15 is 0 Å². The second-order valence-corrected chi connectivity index (χ2v) is 4.87. The zero-order chi connectivity index (χ0) is 13.0. The lowest BCUT2D eigenvalue weighted by Gasteiger charge is -2.04. The van der Waals surface area contributed by atoms with Crippen LogP contribution in [0.15, 0.2) is 29.8 Å². The van der Waals surface area contributed by atoms with Gasteiger partial charge in [0, 0.05) is 12.2 Å². The lowest BCUT2D eigenvalue weighted by atomic mass is 10.1. The zero-order valence-corrected chi connectivity index (χ0v) is 11.0. The first-order chi connectivity index (χ1) is 8.66. The lowest BCUT2D eigenvalue weighted by molar-refractivity contribution is 0.0957. The first kappa shape index (κ1) is 12.6. The number of hydrogen-bond acceptors (Lipinski definition) is 4. The number of anilines is 1. The number of nitrogens with one attached hydrogen (secondary N) is 1. The van der Waals surface area contributed by atoms with Gasteiger partial charge in [0.05, 0.1) is 11.2 Å². The molecular formula is C13H15N3OS. The van der Waals surface area contributed by atoms with Gasteiger partial charge in [-0.2, -0.15) is 0 Å². The topological polar surface area (TPSA) is 68.0 Å². The third kappa shape index (κ3) is 3.07. The molecule has 1 heterocycles. The Hall–Kier alpha value is -1.88. The molecule has 0 aliphatic heterocycles. The average molecular weight is 261 g/mol. The van der Waals surface area contributed by atoms with Crippen molar-refractivity contribution in [2.24, 2.45) is 0 Å². The van der Waals surface area contributed by atoms with Crippen molar-refractivity contribution in [2.45, 2.75) is 13.3 Å². The molecule has 3 N–H and O–H groups in total. The van der Waals surface area contributed by atoms with Crippen molar-refractivity contribution in [3.63, 3.8) is 0 Å². The molecular weight excluding hydrogens is 246 g/mol. The van der Waals surface area contributed by atoms with Crippen LogP contribution in [-0.2, 0) is 6.42 Å². The van der Waals surface area contributed by atoms with E-state index < -0.39 is 0 Å². The second-order valence-electron chi connectivity index (χ2n) is 4.01. The molecule has 1 aromatic heterocycles. The molecule has 0 atom stereocenters. The van der Waals surface area contributed by atoms with Gasteiger partial charge in [-0.15, -0.1) is 11.3 Å². The Morgan fingerprint density at radius 3 is 2.72 bits per heavy atom. The zero-order valence-electron chi connectivity index (χ0n) is 10.1. The maximum atomic E-state index is 11.8. The van der Waals surface area contributed by atoms with Crippen LogP contribution in [0.5, 0.6) is 0 Å². The number of carbonyl (C=O) groups is 1. The Balaban J connectivity index is 1.84. The average Bonchev–Trinajstić information content (AvgIpc) is 2.78. The molecule has 0 spiro atoms. The van der Waals surface area contributed by atoms with E-state index in [4.69, 9.17) is 5.73 Å². The Kier molecular flexibility index (Phi) is 3.94. The van der Waals surface area contributed by atoms with Crippen molar-refractivity contribution in [1.82, 2.24) is 10.3 Å². The summed E-state index contributed by atoms with van der Waals surface area (Å²) < 4.78 is 0. The summed E-state index contributed by atoms with van der Waals surface area (Å²) in [6.45, 7) is 2.45. The van der Waals surface area contributed by atoms with E-state index in [1.807, 2.05) is 31.2 Å². The fraction of sp³-hybridized carbons (Fsp3) is 0.231. The van der Waals surface area contributed by atoms with Crippen LogP contribution in [-0.4, -0.2) is 17.4 Å². The summed E-state index contributed by atoms with van der Waals surface area (Å²) in [5, 5.41) is 2.89. The maximum absolute atomic E-state index is 11.8. The van der Waals surface area contributed by atoms with Crippen molar-refractivity contribution < 1.29 is 4.79 Å². The van der Waals surface area contributed by atoms with Crippen molar-refractivity contribution in [3.05, 3.63) is 45.9 Å². The van der Waals surface area contributed by atoms with Gasteiger partial charge in [-0.05, 0) is 31.0 Å². The highest BCUT2D eigenvalue weighted by Gasteiger charge is 2.10. The molecule has 0 fully saturated rings. The standard InChI is InChI=1S/C13H15N3OS/c1-9-12(18-8-16-9)13(17)15-7-6-10-2-4-11(14)5-3-10/h2-5,8H,6-7,14H2,1H3,(H,15,17). The van der Waals surface area contributed by atoms with E-state index in [0.29, 0.717) is 11.4 Å². The number of amides is 1. The molecule has 5 heteroatoms. The summed E-state index contributed by atoms with van der Waals surface area (Å²) in [5.41, 5.74) is 9.99. The third-order valence-corrected chi connectivity index (χ3v) is 3.56. The van der Waals surface area contributed by atoms with Crippen molar-refractivity contribution in [2.75, 3.05) is 12.3 Å². The largest absolute Gasteiger partial charge is 0.399 e. The summed E-state index contributed by atoms with van der Waals surface area (Å²) in [5.74, 6) is -0.0505. The number of thiazole rings is 1. The SMILES string of the molecule is Cc1ncsc1C(=O)NCCc1ccc(N)cc1. The van der Waals surface area contributed by atoms with Crippen LogP contribution < -0.4 is 11.1 Å². The predicted octanol–water partition coefficient (Wildman–Crippen LogP) is 2.01. The Bertz CT molecular complexity index is 533. The molecule has 18 heavy (non-hydrogen) atoms. The van der Waals surface area contributed by atoms with Gasteiger partial charge < -0.3 is 11.1 Å². The van der Waals surface area contributed by atoms with Gasteiger partial charge in [0.2, 0.25) is 0 Å². The number of nitrogens with two attached hydrogens (primary N) is 1. The second kappa shape index (κ2) is 5.64. The molecule has 0 unspecified atom stereocenters. The molecule has 1 aromatic carbocycles. The first-order valence-electron chi connectivity index (χ1n) is 5.69. The normalized spacial score (nSPS) is 10.3. The first-order valence-corrected chi connectivity index (χ1v) is 6.57. The number of carbonyl (C=O) groups excluding carboxylic acids is 1. The van der Waals surface area contributed by atoms with Crippen LogP contribution >= 0.6 is 11.3 Å². The molecule has 2 rings (SSSR count). The van der Waals surface area contributed by atoms with E-state index in [1.165, 1.54) is 11.3 Å². The number of benzene rings is 1.